The third-order valence-corrected chi connectivity index (χ3v) is 6.39. The van der Waals surface area contributed by atoms with E-state index in [1.54, 1.807) is 18.2 Å². The number of rotatable bonds is 4. The SMILES string of the molecule is CCC[C@H]1CC[C@H](c2ccc3c(F)c(-c4ccc(C#N)c(F)c4)ccc3c2)CC1. The Morgan fingerprint density at radius 1 is 0.966 bits per heavy atom. The molecule has 0 heterocycles. The fourth-order valence-electron chi connectivity index (χ4n) is 4.75. The lowest BCUT2D eigenvalue weighted by Crippen LogP contribution is -2.13. The largest absolute Gasteiger partial charge is 0.206 e. The van der Waals surface area contributed by atoms with Crippen molar-refractivity contribution in [3.8, 4) is 17.2 Å². The van der Waals surface area contributed by atoms with Crippen molar-refractivity contribution in [3.63, 3.8) is 0 Å². The van der Waals surface area contributed by atoms with E-state index >= 15 is 4.39 Å². The molecule has 1 nitrogen and oxygen atoms in total. The van der Waals surface area contributed by atoms with Crippen LogP contribution in [-0.4, -0.2) is 0 Å². The van der Waals surface area contributed by atoms with Crippen molar-refractivity contribution in [3.05, 3.63) is 71.3 Å². The predicted molar refractivity (Wildman–Crippen MR) is 114 cm³/mol. The Hall–Kier alpha value is -2.73. The van der Waals surface area contributed by atoms with Crippen LogP contribution >= 0.6 is 0 Å². The average Bonchev–Trinajstić information content (AvgIpc) is 2.74. The molecule has 0 bridgehead atoms. The first-order valence-corrected chi connectivity index (χ1v) is 10.5. The molecule has 4 rings (SSSR count). The molecule has 1 fully saturated rings. The molecule has 0 aliphatic heterocycles. The van der Waals surface area contributed by atoms with Crippen LogP contribution in [0.4, 0.5) is 8.78 Å². The van der Waals surface area contributed by atoms with Crippen LogP contribution in [0.15, 0.2) is 48.5 Å². The van der Waals surface area contributed by atoms with E-state index in [2.05, 4.69) is 19.1 Å². The maximum Gasteiger partial charge on any atom is 0.141 e. The van der Waals surface area contributed by atoms with Crippen molar-refractivity contribution in [2.75, 3.05) is 0 Å². The van der Waals surface area contributed by atoms with Crippen molar-refractivity contribution >= 4 is 10.8 Å². The molecule has 0 unspecified atom stereocenters. The lowest BCUT2D eigenvalue weighted by atomic mass is 9.77. The summed E-state index contributed by atoms with van der Waals surface area (Å²) in [5.74, 6) is 0.454. The van der Waals surface area contributed by atoms with Crippen LogP contribution in [0.1, 0.15) is 62.5 Å². The lowest BCUT2D eigenvalue weighted by molar-refractivity contribution is 0.308. The molecule has 0 N–H and O–H groups in total. The van der Waals surface area contributed by atoms with Gasteiger partial charge in [0.15, 0.2) is 0 Å². The maximum atomic E-state index is 15.2. The molecule has 3 aromatic rings. The standard InChI is InChI=1S/C26H25F2N/c1-2-3-17-4-6-18(7-5-17)19-10-12-23-20(14-19)11-13-24(26(23)28)21-8-9-22(16-29)25(27)15-21/h8-15,17-18H,2-7H2,1H3/t17-,18-. The van der Waals surface area contributed by atoms with Gasteiger partial charge in [-0.2, -0.15) is 5.26 Å². The summed E-state index contributed by atoms with van der Waals surface area (Å²) in [4.78, 5) is 0. The van der Waals surface area contributed by atoms with Crippen molar-refractivity contribution in [1.82, 2.24) is 0 Å². The Morgan fingerprint density at radius 2 is 1.76 bits per heavy atom. The van der Waals surface area contributed by atoms with Gasteiger partial charge in [0.25, 0.3) is 0 Å². The van der Waals surface area contributed by atoms with Crippen LogP contribution in [0.3, 0.4) is 0 Å². The molecule has 0 aromatic heterocycles. The molecule has 3 heteroatoms. The van der Waals surface area contributed by atoms with Gasteiger partial charge in [-0.3, -0.25) is 0 Å². The van der Waals surface area contributed by atoms with Gasteiger partial charge in [0.2, 0.25) is 0 Å². The number of hydrogen-bond acceptors (Lipinski definition) is 1. The van der Waals surface area contributed by atoms with E-state index in [0.717, 1.165) is 11.3 Å². The maximum absolute atomic E-state index is 15.2. The smallest absolute Gasteiger partial charge is 0.141 e. The Bertz CT molecular complexity index is 1070. The molecule has 1 saturated carbocycles. The number of benzene rings is 3. The minimum absolute atomic E-state index is 0.0340. The predicted octanol–water partition coefficient (Wildman–Crippen LogP) is 7.73. The zero-order chi connectivity index (χ0) is 20.4. The molecule has 0 atom stereocenters. The molecule has 1 aliphatic rings. The van der Waals surface area contributed by atoms with E-state index in [1.165, 1.54) is 56.2 Å². The third-order valence-electron chi connectivity index (χ3n) is 6.39. The van der Waals surface area contributed by atoms with E-state index in [1.807, 2.05) is 12.1 Å². The minimum atomic E-state index is -0.626. The third kappa shape index (κ3) is 3.90. The second-order valence-electron chi connectivity index (χ2n) is 8.22. The summed E-state index contributed by atoms with van der Waals surface area (Å²) in [5.41, 5.74) is 2.06. The van der Waals surface area contributed by atoms with Gasteiger partial charge in [-0.15, -0.1) is 0 Å². The van der Waals surface area contributed by atoms with Gasteiger partial charge >= 0.3 is 0 Å². The monoisotopic (exact) mass is 389 g/mol. The summed E-state index contributed by atoms with van der Waals surface area (Å²) in [6.45, 7) is 2.25. The Labute approximate surface area is 171 Å². The number of nitrogens with zero attached hydrogens (tertiary/aromatic N) is 1. The summed E-state index contributed by atoms with van der Waals surface area (Å²) in [6.07, 6.45) is 7.58. The molecule has 148 valence electrons. The summed E-state index contributed by atoms with van der Waals surface area (Å²) in [7, 11) is 0. The first kappa shape index (κ1) is 19.6. The number of nitriles is 1. The molecule has 0 saturated heterocycles. The molecule has 1 aliphatic carbocycles. The van der Waals surface area contributed by atoms with Crippen molar-refractivity contribution in [2.24, 2.45) is 5.92 Å². The molecule has 29 heavy (non-hydrogen) atoms. The van der Waals surface area contributed by atoms with Crippen LogP contribution in [0.25, 0.3) is 21.9 Å². The van der Waals surface area contributed by atoms with Crippen LogP contribution in [0.2, 0.25) is 0 Å². The van der Waals surface area contributed by atoms with Gasteiger partial charge in [-0.05, 0) is 66.2 Å². The highest BCUT2D eigenvalue weighted by Gasteiger charge is 2.22. The van der Waals surface area contributed by atoms with E-state index in [4.69, 9.17) is 5.26 Å². The van der Waals surface area contributed by atoms with Gasteiger partial charge in [-0.25, -0.2) is 8.78 Å². The number of halogens is 2. The van der Waals surface area contributed by atoms with E-state index < -0.39 is 5.82 Å². The number of fused-ring (bicyclic) bond motifs is 1. The van der Waals surface area contributed by atoms with Gasteiger partial charge < -0.3 is 0 Å². The van der Waals surface area contributed by atoms with Gasteiger partial charge in [-0.1, -0.05) is 56.2 Å². The summed E-state index contributed by atoms with van der Waals surface area (Å²) < 4.78 is 29.2. The van der Waals surface area contributed by atoms with Gasteiger partial charge in [0, 0.05) is 10.9 Å². The highest BCUT2D eigenvalue weighted by Crippen LogP contribution is 2.39. The second-order valence-corrected chi connectivity index (χ2v) is 8.22. The quantitative estimate of drug-likeness (QED) is 0.448. The van der Waals surface area contributed by atoms with Crippen molar-refractivity contribution in [2.45, 2.75) is 51.4 Å². The minimum Gasteiger partial charge on any atom is -0.206 e. The average molecular weight is 389 g/mol. The first-order valence-electron chi connectivity index (χ1n) is 10.5. The van der Waals surface area contributed by atoms with E-state index in [-0.39, 0.29) is 11.4 Å². The van der Waals surface area contributed by atoms with Crippen molar-refractivity contribution < 1.29 is 8.78 Å². The normalized spacial score (nSPS) is 19.2. The van der Waals surface area contributed by atoms with Crippen LogP contribution in [0.5, 0.6) is 0 Å². The van der Waals surface area contributed by atoms with E-state index in [0.29, 0.717) is 22.4 Å². The van der Waals surface area contributed by atoms with Crippen LogP contribution in [0, 0.1) is 28.9 Å². The Balaban J connectivity index is 1.62. The Morgan fingerprint density at radius 3 is 2.45 bits per heavy atom. The van der Waals surface area contributed by atoms with Gasteiger partial charge in [0.1, 0.15) is 17.7 Å². The molecular formula is C26H25F2N. The highest BCUT2D eigenvalue weighted by atomic mass is 19.1. The van der Waals surface area contributed by atoms with E-state index in [9.17, 15) is 4.39 Å². The van der Waals surface area contributed by atoms with Crippen LogP contribution < -0.4 is 0 Å². The zero-order valence-electron chi connectivity index (χ0n) is 16.7. The van der Waals surface area contributed by atoms with Crippen molar-refractivity contribution in [1.29, 1.82) is 5.26 Å². The highest BCUT2D eigenvalue weighted by molar-refractivity contribution is 5.89. The summed E-state index contributed by atoms with van der Waals surface area (Å²) >= 11 is 0. The molecule has 3 aromatic carbocycles. The number of hydrogen-bond donors (Lipinski definition) is 0. The zero-order valence-corrected chi connectivity index (χ0v) is 16.7. The lowest BCUT2D eigenvalue weighted by Gasteiger charge is -2.28. The topological polar surface area (TPSA) is 23.8 Å². The second kappa shape index (κ2) is 8.33. The van der Waals surface area contributed by atoms with Gasteiger partial charge in [0.05, 0.1) is 5.56 Å². The fourth-order valence-corrected chi connectivity index (χ4v) is 4.75. The fraction of sp³-hybridized carbons (Fsp3) is 0.346. The molecule has 0 amide bonds. The molecule has 0 spiro atoms. The summed E-state index contributed by atoms with van der Waals surface area (Å²) in [5, 5.41) is 10.3. The molecule has 0 radical (unpaired) electrons. The molecular weight excluding hydrogens is 364 g/mol. The first-order chi connectivity index (χ1) is 14.1. The summed E-state index contributed by atoms with van der Waals surface area (Å²) in [6, 6.07) is 15.7. The van der Waals surface area contributed by atoms with Crippen LogP contribution in [-0.2, 0) is 0 Å². The Kier molecular flexibility index (Phi) is 5.62.